The summed E-state index contributed by atoms with van der Waals surface area (Å²) in [5, 5.41) is 7.02. The first-order valence-corrected chi connectivity index (χ1v) is 7.40. The van der Waals surface area contributed by atoms with Gasteiger partial charge in [-0.1, -0.05) is 18.2 Å². The van der Waals surface area contributed by atoms with Gasteiger partial charge in [0.25, 0.3) is 0 Å². The van der Waals surface area contributed by atoms with Crippen molar-refractivity contribution in [2.45, 2.75) is 53.0 Å². The lowest BCUT2D eigenvalue weighted by molar-refractivity contribution is 0.419. The van der Waals surface area contributed by atoms with Crippen LogP contribution in [0.2, 0.25) is 0 Å². The predicted octanol–water partition coefficient (Wildman–Crippen LogP) is 3.21. The van der Waals surface area contributed by atoms with Crippen LogP contribution in [0.3, 0.4) is 0 Å². The third-order valence-electron chi connectivity index (χ3n) is 3.35. The predicted molar refractivity (Wildman–Crippen MR) is 84.9 cm³/mol. The molecule has 0 aliphatic carbocycles. The molecule has 0 spiro atoms. The van der Waals surface area contributed by atoms with Gasteiger partial charge in [0, 0.05) is 5.54 Å². The highest BCUT2D eigenvalue weighted by Gasteiger charge is 2.06. The molecule has 0 fully saturated rings. The molecule has 0 aliphatic heterocycles. The number of aryl methyl sites for hydroxylation is 2. The lowest BCUT2D eigenvalue weighted by Gasteiger charge is -2.20. The minimum Gasteiger partial charge on any atom is -0.316 e. The summed E-state index contributed by atoms with van der Waals surface area (Å²) < 4.78 is 0. The Morgan fingerprint density at radius 1 is 0.947 bits per heavy atom. The number of benzene rings is 1. The van der Waals surface area contributed by atoms with Gasteiger partial charge in [0.2, 0.25) is 0 Å². The second-order valence-electron chi connectivity index (χ2n) is 6.45. The lowest BCUT2D eigenvalue weighted by Crippen LogP contribution is -2.37. The zero-order valence-electron chi connectivity index (χ0n) is 13.3. The molecule has 2 nitrogen and oxygen atoms in total. The first-order chi connectivity index (χ1) is 8.88. The molecule has 0 radical (unpaired) electrons. The molecule has 1 aromatic rings. The Bertz CT molecular complexity index is 377. The van der Waals surface area contributed by atoms with Gasteiger partial charge in [0.05, 0.1) is 0 Å². The summed E-state index contributed by atoms with van der Waals surface area (Å²) in [6, 6.07) is 6.77. The standard InChI is InChI=1S/C17H30N2/c1-14-7-8-16(13-15(14)2)9-12-18-10-6-11-19-17(3,4)5/h7-8,13,18-19H,6,9-12H2,1-5H3. The van der Waals surface area contributed by atoms with Gasteiger partial charge >= 0.3 is 0 Å². The van der Waals surface area contributed by atoms with E-state index >= 15 is 0 Å². The van der Waals surface area contributed by atoms with E-state index in [-0.39, 0.29) is 5.54 Å². The highest BCUT2D eigenvalue weighted by atomic mass is 14.9. The van der Waals surface area contributed by atoms with E-state index in [0.717, 1.165) is 26.1 Å². The van der Waals surface area contributed by atoms with E-state index in [1.165, 1.54) is 23.1 Å². The summed E-state index contributed by atoms with van der Waals surface area (Å²) in [6.45, 7) is 14.2. The molecule has 108 valence electrons. The van der Waals surface area contributed by atoms with Gasteiger partial charge in [-0.2, -0.15) is 0 Å². The maximum atomic E-state index is 3.51. The zero-order valence-corrected chi connectivity index (χ0v) is 13.3. The molecule has 19 heavy (non-hydrogen) atoms. The van der Waals surface area contributed by atoms with E-state index in [0.29, 0.717) is 0 Å². The van der Waals surface area contributed by atoms with Crippen LogP contribution in [0.1, 0.15) is 43.9 Å². The molecule has 1 rings (SSSR count). The van der Waals surface area contributed by atoms with Crippen LogP contribution in [0.4, 0.5) is 0 Å². The summed E-state index contributed by atoms with van der Waals surface area (Å²) in [5.74, 6) is 0. The van der Waals surface area contributed by atoms with Crippen LogP contribution in [0, 0.1) is 13.8 Å². The Kier molecular flexibility index (Phi) is 6.53. The molecule has 0 heterocycles. The highest BCUT2D eigenvalue weighted by molar-refractivity contribution is 5.29. The quantitative estimate of drug-likeness (QED) is 0.737. The zero-order chi connectivity index (χ0) is 14.3. The van der Waals surface area contributed by atoms with Crippen LogP contribution in [0.15, 0.2) is 18.2 Å². The van der Waals surface area contributed by atoms with E-state index in [1.807, 2.05) is 0 Å². The largest absolute Gasteiger partial charge is 0.316 e. The third kappa shape index (κ3) is 7.34. The second-order valence-corrected chi connectivity index (χ2v) is 6.45. The number of nitrogens with one attached hydrogen (secondary N) is 2. The van der Waals surface area contributed by atoms with Crippen LogP contribution in [0.25, 0.3) is 0 Å². The first-order valence-electron chi connectivity index (χ1n) is 7.40. The minimum absolute atomic E-state index is 0.236. The molecular weight excluding hydrogens is 232 g/mol. The second kappa shape index (κ2) is 7.66. The number of rotatable bonds is 7. The summed E-state index contributed by atoms with van der Waals surface area (Å²) >= 11 is 0. The van der Waals surface area contributed by atoms with Crippen molar-refractivity contribution in [1.29, 1.82) is 0 Å². The van der Waals surface area contributed by atoms with E-state index in [2.05, 4.69) is 63.5 Å². The average molecular weight is 262 g/mol. The van der Waals surface area contributed by atoms with Gasteiger partial charge in [-0.15, -0.1) is 0 Å². The molecular formula is C17H30N2. The monoisotopic (exact) mass is 262 g/mol. The summed E-state index contributed by atoms with van der Waals surface area (Å²) in [7, 11) is 0. The number of hydrogen-bond acceptors (Lipinski definition) is 2. The normalized spacial score (nSPS) is 11.8. The smallest absolute Gasteiger partial charge is 0.00965 e. The van der Waals surface area contributed by atoms with Crippen molar-refractivity contribution in [1.82, 2.24) is 10.6 Å². The topological polar surface area (TPSA) is 24.1 Å². The van der Waals surface area contributed by atoms with Crippen LogP contribution < -0.4 is 10.6 Å². The van der Waals surface area contributed by atoms with Crippen molar-refractivity contribution in [2.75, 3.05) is 19.6 Å². The van der Waals surface area contributed by atoms with E-state index < -0.39 is 0 Å². The molecule has 2 N–H and O–H groups in total. The summed E-state index contributed by atoms with van der Waals surface area (Å²) in [4.78, 5) is 0. The third-order valence-corrected chi connectivity index (χ3v) is 3.35. The van der Waals surface area contributed by atoms with E-state index in [4.69, 9.17) is 0 Å². The summed E-state index contributed by atoms with van der Waals surface area (Å²) in [6.07, 6.45) is 2.30. The Morgan fingerprint density at radius 2 is 1.68 bits per heavy atom. The minimum atomic E-state index is 0.236. The van der Waals surface area contributed by atoms with Gasteiger partial charge in [0.1, 0.15) is 0 Å². The number of hydrogen-bond donors (Lipinski definition) is 2. The van der Waals surface area contributed by atoms with Crippen molar-refractivity contribution in [3.8, 4) is 0 Å². The summed E-state index contributed by atoms with van der Waals surface area (Å²) in [5.41, 5.74) is 4.44. The Morgan fingerprint density at radius 3 is 2.32 bits per heavy atom. The van der Waals surface area contributed by atoms with E-state index in [9.17, 15) is 0 Å². The average Bonchev–Trinajstić information content (AvgIpc) is 2.31. The molecule has 0 atom stereocenters. The Labute approximate surface area is 119 Å². The fourth-order valence-corrected chi connectivity index (χ4v) is 1.99. The van der Waals surface area contributed by atoms with Crippen molar-refractivity contribution in [3.63, 3.8) is 0 Å². The van der Waals surface area contributed by atoms with Crippen LogP contribution >= 0.6 is 0 Å². The van der Waals surface area contributed by atoms with Gasteiger partial charge in [-0.05, 0) is 83.8 Å². The molecule has 0 aliphatic rings. The molecule has 0 saturated carbocycles. The van der Waals surface area contributed by atoms with E-state index in [1.54, 1.807) is 0 Å². The molecule has 0 saturated heterocycles. The van der Waals surface area contributed by atoms with Crippen molar-refractivity contribution < 1.29 is 0 Å². The van der Waals surface area contributed by atoms with Gasteiger partial charge in [0.15, 0.2) is 0 Å². The fraction of sp³-hybridized carbons (Fsp3) is 0.647. The van der Waals surface area contributed by atoms with Crippen molar-refractivity contribution in [3.05, 3.63) is 34.9 Å². The molecule has 0 aromatic heterocycles. The molecule has 0 unspecified atom stereocenters. The molecule has 0 bridgehead atoms. The molecule has 1 aromatic carbocycles. The fourth-order valence-electron chi connectivity index (χ4n) is 1.99. The van der Waals surface area contributed by atoms with Gasteiger partial charge < -0.3 is 10.6 Å². The molecule has 0 amide bonds. The first kappa shape index (κ1) is 16.2. The maximum absolute atomic E-state index is 3.51. The van der Waals surface area contributed by atoms with Crippen LogP contribution in [-0.4, -0.2) is 25.2 Å². The Balaban J connectivity index is 2.09. The Hall–Kier alpha value is -0.860. The van der Waals surface area contributed by atoms with Crippen molar-refractivity contribution in [2.24, 2.45) is 0 Å². The SMILES string of the molecule is Cc1ccc(CCNCCCNC(C)(C)C)cc1C. The van der Waals surface area contributed by atoms with Crippen LogP contribution in [-0.2, 0) is 6.42 Å². The van der Waals surface area contributed by atoms with Crippen LogP contribution in [0.5, 0.6) is 0 Å². The highest BCUT2D eigenvalue weighted by Crippen LogP contribution is 2.09. The maximum Gasteiger partial charge on any atom is 0.00965 e. The van der Waals surface area contributed by atoms with Gasteiger partial charge in [-0.3, -0.25) is 0 Å². The lowest BCUT2D eigenvalue weighted by atomic mass is 10.0. The van der Waals surface area contributed by atoms with Crippen molar-refractivity contribution >= 4 is 0 Å². The molecule has 2 heteroatoms. The van der Waals surface area contributed by atoms with Gasteiger partial charge in [-0.25, -0.2) is 0 Å².